The normalized spacial score (nSPS) is 16.5. The molecule has 0 bridgehead atoms. The highest BCUT2D eigenvalue weighted by atomic mass is 16.6. The summed E-state index contributed by atoms with van der Waals surface area (Å²) in [6.45, 7) is 5.25. The monoisotopic (exact) mass is 260 g/mol. The summed E-state index contributed by atoms with van der Waals surface area (Å²) in [4.78, 5) is 0. The first-order valence-corrected chi connectivity index (χ1v) is 6.68. The molecular weight excluding hydrogens is 240 g/mol. The van der Waals surface area contributed by atoms with E-state index in [4.69, 9.17) is 9.47 Å². The Morgan fingerprint density at radius 2 is 1.95 bits per heavy atom. The smallest absolute Gasteiger partial charge is 0.161 e. The van der Waals surface area contributed by atoms with E-state index in [0.717, 1.165) is 29.0 Å². The van der Waals surface area contributed by atoms with Crippen molar-refractivity contribution in [3.05, 3.63) is 23.3 Å². The highest BCUT2D eigenvalue weighted by molar-refractivity contribution is 5.49. The Morgan fingerprint density at radius 3 is 2.47 bits per heavy atom. The van der Waals surface area contributed by atoms with Gasteiger partial charge < -0.3 is 14.8 Å². The summed E-state index contributed by atoms with van der Waals surface area (Å²) in [5, 5.41) is 12.5. The molecule has 4 nitrogen and oxygen atoms in total. The molecule has 1 N–H and O–H groups in total. The topological polar surface area (TPSA) is 54.3 Å². The second-order valence-corrected chi connectivity index (χ2v) is 4.76. The van der Waals surface area contributed by atoms with Crippen LogP contribution in [-0.2, 0) is 0 Å². The molecule has 4 heteroatoms. The number of nitrogens with one attached hydrogen (secondary N) is 1. The lowest BCUT2D eigenvalue weighted by Gasteiger charge is -2.26. The summed E-state index contributed by atoms with van der Waals surface area (Å²) < 4.78 is 11.2. The number of nitrogens with zero attached hydrogens (tertiary/aromatic N) is 1. The van der Waals surface area contributed by atoms with Crippen molar-refractivity contribution in [3.63, 3.8) is 0 Å². The Labute approximate surface area is 114 Å². The van der Waals surface area contributed by atoms with Crippen LogP contribution in [0.5, 0.6) is 11.5 Å². The van der Waals surface area contributed by atoms with E-state index in [1.807, 2.05) is 33.0 Å². The summed E-state index contributed by atoms with van der Waals surface area (Å²) in [5.74, 6) is 1.53. The van der Waals surface area contributed by atoms with Gasteiger partial charge in [-0.15, -0.1) is 0 Å². The highest BCUT2D eigenvalue weighted by Gasteiger charge is 2.24. The molecule has 0 radical (unpaired) electrons. The average molecular weight is 260 g/mol. The molecule has 102 valence electrons. The van der Waals surface area contributed by atoms with Gasteiger partial charge in [-0.3, -0.25) is 0 Å². The van der Waals surface area contributed by atoms with E-state index in [1.165, 1.54) is 0 Å². The standard InChI is InChI=1S/C15H20N2O2/c1-4-11(9-16)15(17-3)12-8-14-13(7-10(12)2)18-5-6-19-14/h7-8,11,15,17H,4-6H2,1-3H3. The maximum Gasteiger partial charge on any atom is 0.161 e. The van der Waals surface area contributed by atoms with Gasteiger partial charge in [0, 0.05) is 6.04 Å². The van der Waals surface area contributed by atoms with Gasteiger partial charge in [0.15, 0.2) is 11.5 Å². The van der Waals surface area contributed by atoms with Crippen LogP contribution in [0.2, 0.25) is 0 Å². The number of fused-ring (bicyclic) bond motifs is 1. The molecule has 2 unspecified atom stereocenters. The number of rotatable bonds is 4. The minimum atomic E-state index is -0.0498. The summed E-state index contributed by atoms with van der Waals surface area (Å²) in [5.41, 5.74) is 2.23. The number of benzene rings is 1. The number of hydrogen-bond acceptors (Lipinski definition) is 4. The first-order chi connectivity index (χ1) is 9.21. The Balaban J connectivity index is 2.40. The van der Waals surface area contributed by atoms with Crippen LogP contribution in [0.15, 0.2) is 12.1 Å². The molecule has 0 aromatic heterocycles. The number of nitriles is 1. The van der Waals surface area contributed by atoms with E-state index in [-0.39, 0.29) is 12.0 Å². The van der Waals surface area contributed by atoms with Crippen molar-refractivity contribution in [1.82, 2.24) is 5.32 Å². The van der Waals surface area contributed by atoms with Gasteiger partial charge in [0.1, 0.15) is 13.2 Å². The zero-order valence-electron chi connectivity index (χ0n) is 11.7. The first-order valence-electron chi connectivity index (χ1n) is 6.68. The number of aryl methyl sites for hydroxylation is 1. The van der Waals surface area contributed by atoms with Gasteiger partial charge in [-0.25, -0.2) is 0 Å². The molecule has 1 aliphatic heterocycles. The maximum absolute atomic E-state index is 9.27. The van der Waals surface area contributed by atoms with Crippen LogP contribution in [0, 0.1) is 24.2 Å². The van der Waals surface area contributed by atoms with E-state index in [0.29, 0.717) is 13.2 Å². The molecule has 0 amide bonds. The Hall–Kier alpha value is -1.73. The van der Waals surface area contributed by atoms with Crippen molar-refractivity contribution in [2.45, 2.75) is 26.3 Å². The largest absolute Gasteiger partial charge is 0.486 e. The Kier molecular flexibility index (Phi) is 4.28. The minimum absolute atomic E-state index is 0.0193. The van der Waals surface area contributed by atoms with E-state index in [1.54, 1.807) is 0 Å². The quantitative estimate of drug-likeness (QED) is 0.904. The fourth-order valence-electron chi connectivity index (χ4n) is 2.52. The van der Waals surface area contributed by atoms with Crippen LogP contribution >= 0.6 is 0 Å². The average Bonchev–Trinajstić information content (AvgIpc) is 2.44. The van der Waals surface area contributed by atoms with Gasteiger partial charge in [-0.2, -0.15) is 5.26 Å². The minimum Gasteiger partial charge on any atom is -0.486 e. The van der Waals surface area contributed by atoms with Gasteiger partial charge in [0.2, 0.25) is 0 Å². The SMILES string of the molecule is CCC(C#N)C(NC)c1cc2c(cc1C)OCCO2. The van der Waals surface area contributed by atoms with Crippen LogP contribution < -0.4 is 14.8 Å². The molecule has 0 aliphatic carbocycles. The van der Waals surface area contributed by atoms with Crippen molar-refractivity contribution < 1.29 is 9.47 Å². The van der Waals surface area contributed by atoms with Gasteiger partial charge >= 0.3 is 0 Å². The van der Waals surface area contributed by atoms with Crippen LogP contribution in [0.3, 0.4) is 0 Å². The van der Waals surface area contributed by atoms with E-state index >= 15 is 0 Å². The van der Waals surface area contributed by atoms with Crippen molar-refractivity contribution in [2.24, 2.45) is 5.92 Å². The molecule has 2 atom stereocenters. The third-order valence-electron chi connectivity index (χ3n) is 3.58. The third kappa shape index (κ3) is 2.66. The molecule has 2 rings (SSSR count). The Morgan fingerprint density at radius 1 is 1.32 bits per heavy atom. The molecule has 0 fully saturated rings. The van der Waals surface area contributed by atoms with Crippen molar-refractivity contribution in [1.29, 1.82) is 5.26 Å². The van der Waals surface area contributed by atoms with Crippen LogP contribution in [0.25, 0.3) is 0 Å². The first kappa shape index (κ1) is 13.7. The molecule has 1 aromatic rings. The fraction of sp³-hybridized carbons (Fsp3) is 0.533. The third-order valence-corrected chi connectivity index (χ3v) is 3.58. The van der Waals surface area contributed by atoms with Crippen molar-refractivity contribution in [2.75, 3.05) is 20.3 Å². The van der Waals surface area contributed by atoms with Gasteiger partial charge in [-0.05, 0) is 43.7 Å². The van der Waals surface area contributed by atoms with Gasteiger partial charge in [0.25, 0.3) is 0 Å². The van der Waals surface area contributed by atoms with Gasteiger partial charge in [-0.1, -0.05) is 6.92 Å². The predicted octanol–water partition coefficient (Wildman–Crippen LogP) is 2.58. The molecule has 1 aromatic carbocycles. The predicted molar refractivity (Wildman–Crippen MR) is 73.4 cm³/mol. The molecule has 1 heterocycles. The second-order valence-electron chi connectivity index (χ2n) is 4.76. The maximum atomic E-state index is 9.27. The fourth-order valence-corrected chi connectivity index (χ4v) is 2.52. The molecule has 19 heavy (non-hydrogen) atoms. The lowest BCUT2D eigenvalue weighted by Crippen LogP contribution is -2.25. The summed E-state index contributed by atoms with van der Waals surface area (Å²) >= 11 is 0. The summed E-state index contributed by atoms with van der Waals surface area (Å²) in [7, 11) is 1.89. The van der Waals surface area contributed by atoms with Crippen molar-refractivity contribution >= 4 is 0 Å². The summed E-state index contributed by atoms with van der Waals surface area (Å²) in [6.07, 6.45) is 0.815. The van der Waals surface area contributed by atoms with Crippen molar-refractivity contribution in [3.8, 4) is 17.6 Å². The second kappa shape index (κ2) is 5.94. The van der Waals surface area contributed by atoms with Gasteiger partial charge in [0.05, 0.1) is 12.0 Å². The molecule has 1 aliphatic rings. The lowest BCUT2D eigenvalue weighted by molar-refractivity contribution is 0.171. The molecule has 0 spiro atoms. The van der Waals surface area contributed by atoms with Crippen LogP contribution in [0.1, 0.15) is 30.5 Å². The zero-order chi connectivity index (χ0) is 13.8. The summed E-state index contributed by atoms with van der Waals surface area (Å²) in [6, 6.07) is 6.40. The highest BCUT2D eigenvalue weighted by Crippen LogP contribution is 2.37. The number of ether oxygens (including phenoxy) is 2. The lowest BCUT2D eigenvalue weighted by atomic mass is 9.89. The Bertz CT molecular complexity index is 494. The van der Waals surface area contributed by atoms with E-state index < -0.39 is 0 Å². The molecule has 0 saturated carbocycles. The van der Waals surface area contributed by atoms with Crippen LogP contribution in [0.4, 0.5) is 0 Å². The van der Waals surface area contributed by atoms with E-state index in [9.17, 15) is 5.26 Å². The van der Waals surface area contributed by atoms with Crippen LogP contribution in [-0.4, -0.2) is 20.3 Å². The van der Waals surface area contributed by atoms with E-state index in [2.05, 4.69) is 11.4 Å². The molecular formula is C15H20N2O2. The zero-order valence-corrected chi connectivity index (χ0v) is 11.7. The molecule has 0 saturated heterocycles. The number of hydrogen-bond donors (Lipinski definition) is 1.